The van der Waals surface area contributed by atoms with E-state index in [0.29, 0.717) is 37.2 Å². The maximum Gasteiger partial charge on any atom is 0.410 e. The fourth-order valence-electron chi connectivity index (χ4n) is 5.75. The molecule has 3 aromatic carbocycles. The molecular weight excluding hydrogens is 624 g/mol. The maximum atomic E-state index is 14.2. The number of amides is 3. The molecule has 0 radical (unpaired) electrons. The van der Waals surface area contributed by atoms with Crippen molar-refractivity contribution >= 4 is 38.7 Å². The van der Waals surface area contributed by atoms with Crippen molar-refractivity contribution in [2.75, 3.05) is 33.8 Å². The molecule has 3 aromatic rings. The van der Waals surface area contributed by atoms with Crippen molar-refractivity contribution < 1.29 is 37.5 Å². The van der Waals surface area contributed by atoms with Gasteiger partial charge in [-0.15, -0.1) is 0 Å². The predicted molar refractivity (Wildman–Crippen MR) is 176 cm³/mol. The molecule has 1 saturated heterocycles. The molecule has 0 aromatic heterocycles. The number of piperidine rings is 1. The number of benzene rings is 3. The van der Waals surface area contributed by atoms with Gasteiger partial charge in [0.25, 0.3) is 5.91 Å². The summed E-state index contributed by atoms with van der Waals surface area (Å²) in [7, 11) is -1.20. The number of hydrogen-bond acceptors (Lipinski definition) is 8. The number of nitrogens with one attached hydrogen (secondary N) is 1. The van der Waals surface area contributed by atoms with Crippen molar-refractivity contribution in [1.29, 1.82) is 0 Å². The third-order valence-corrected chi connectivity index (χ3v) is 10.2. The van der Waals surface area contributed by atoms with Crippen LogP contribution in [0.25, 0.3) is 10.8 Å². The van der Waals surface area contributed by atoms with Gasteiger partial charge in [-0.2, -0.15) is 4.31 Å². The number of hydroxylamine groups is 1. The minimum Gasteiger partial charge on any atom is -0.497 e. The zero-order valence-corrected chi connectivity index (χ0v) is 28.3. The molecule has 47 heavy (non-hydrogen) atoms. The number of carbonyl (C=O) groups is 3. The van der Waals surface area contributed by atoms with Crippen LogP contribution in [0.1, 0.15) is 45.6 Å². The van der Waals surface area contributed by atoms with Crippen LogP contribution in [0, 0.1) is 0 Å². The van der Waals surface area contributed by atoms with Gasteiger partial charge >= 0.3 is 6.09 Å². The molecule has 1 aliphatic rings. The van der Waals surface area contributed by atoms with Crippen LogP contribution in [0.15, 0.2) is 71.6 Å². The van der Waals surface area contributed by atoms with Gasteiger partial charge in [-0.25, -0.2) is 18.7 Å². The van der Waals surface area contributed by atoms with Gasteiger partial charge < -0.3 is 19.3 Å². The van der Waals surface area contributed by atoms with Gasteiger partial charge in [0.1, 0.15) is 17.4 Å². The number of fused-ring (bicyclic) bond motifs is 1. The van der Waals surface area contributed by atoms with Gasteiger partial charge in [0.2, 0.25) is 15.9 Å². The second-order valence-electron chi connectivity index (χ2n) is 12.6. The zero-order valence-electron chi connectivity index (χ0n) is 27.5. The van der Waals surface area contributed by atoms with E-state index >= 15 is 0 Å². The Morgan fingerprint density at radius 2 is 1.64 bits per heavy atom. The molecule has 1 heterocycles. The highest BCUT2D eigenvalue weighted by atomic mass is 32.2. The third-order valence-electron chi connectivity index (χ3n) is 8.31. The summed E-state index contributed by atoms with van der Waals surface area (Å²) in [5.41, 5.74) is 1.72. The van der Waals surface area contributed by atoms with Crippen LogP contribution >= 0.6 is 0 Å². The number of nitrogens with zero attached hydrogens (tertiary/aromatic N) is 3. The highest BCUT2D eigenvalue weighted by Gasteiger charge is 2.37. The third kappa shape index (κ3) is 8.79. The summed E-state index contributed by atoms with van der Waals surface area (Å²) in [5.74, 6) is -0.758. The highest BCUT2D eigenvalue weighted by Crippen LogP contribution is 2.27. The van der Waals surface area contributed by atoms with Crippen LogP contribution in [0.2, 0.25) is 0 Å². The van der Waals surface area contributed by atoms with Crippen LogP contribution in [-0.2, 0) is 30.8 Å². The highest BCUT2D eigenvalue weighted by molar-refractivity contribution is 7.89. The molecule has 0 aliphatic carbocycles. The largest absolute Gasteiger partial charge is 0.497 e. The molecule has 4 rings (SSSR count). The lowest BCUT2D eigenvalue weighted by Crippen LogP contribution is -2.52. The first-order valence-corrected chi connectivity index (χ1v) is 17.0. The Morgan fingerprint density at radius 1 is 1.00 bits per heavy atom. The zero-order chi connectivity index (χ0) is 34.4. The Morgan fingerprint density at radius 3 is 2.26 bits per heavy atom. The van der Waals surface area contributed by atoms with Crippen molar-refractivity contribution in [3.05, 3.63) is 72.3 Å². The molecule has 2 N–H and O–H groups in total. The number of rotatable bonds is 11. The Balaban J connectivity index is 1.57. The molecule has 1 fully saturated rings. The van der Waals surface area contributed by atoms with E-state index in [1.54, 1.807) is 43.1 Å². The van der Waals surface area contributed by atoms with E-state index in [-0.39, 0.29) is 36.2 Å². The van der Waals surface area contributed by atoms with Gasteiger partial charge in [-0.1, -0.05) is 42.5 Å². The molecule has 13 heteroatoms. The molecule has 0 bridgehead atoms. The summed E-state index contributed by atoms with van der Waals surface area (Å²) in [6, 6.07) is 17.3. The Labute approximate surface area is 276 Å². The van der Waals surface area contributed by atoms with E-state index in [4.69, 9.17) is 9.47 Å². The smallest absolute Gasteiger partial charge is 0.410 e. The van der Waals surface area contributed by atoms with Crippen molar-refractivity contribution in [1.82, 2.24) is 19.6 Å². The summed E-state index contributed by atoms with van der Waals surface area (Å²) < 4.78 is 40.0. The van der Waals surface area contributed by atoms with Gasteiger partial charge in [0.15, 0.2) is 0 Å². The van der Waals surface area contributed by atoms with Crippen LogP contribution in [0.3, 0.4) is 0 Å². The Bertz CT molecular complexity index is 1660. The lowest BCUT2D eigenvalue weighted by molar-refractivity contribution is -0.135. The SMILES string of the molecule is COc1ccc(S(=O)(=O)N(CCC(=O)N2CCC(N(C)C(=O)OC(C)(C)C)CC2)C(Cc2cccc3ccccc23)C(=O)NO)cc1. The number of ether oxygens (including phenoxy) is 2. The molecule has 1 unspecified atom stereocenters. The van der Waals surface area contributed by atoms with Crippen LogP contribution < -0.4 is 10.2 Å². The van der Waals surface area contributed by atoms with Crippen molar-refractivity contribution in [3.63, 3.8) is 0 Å². The molecule has 0 spiro atoms. The fraction of sp³-hybridized carbons (Fsp3) is 0.441. The maximum absolute atomic E-state index is 14.2. The van der Waals surface area contributed by atoms with Gasteiger partial charge in [0, 0.05) is 39.1 Å². The van der Waals surface area contributed by atoms with Crippen LogP contribution in [-0.4, -0.2) is 97.1 Å². The molecule has 1 atom stereocenters. The fourth-order valence-corrected chi connectivity index (χ4v) is 7.34. The van der Waals surface area contributed by atoms with Crippen molar-refractivity contribution in [2.45, 2.75) is 69.0 Å². The second-order valence-corrected chi connectivity index (χ2v) is 14.5. The molecule has 12 nitrogen and oxygen atoms in total. The van der Waals surface area contributed by atoms with E-state index in [2.05, 4.69) is 0 Å². The molecular formula is C34H44N4O8S. The minimum atomic E-state index is -4.35. The second kappa shape index (κ2) is 15.1. The van der Waals surface area contributed by atoms with Crippen molar-refractivity contribution in [2.24, 2.45) is 0 Å². The molecule has 1 aliphatic heterocycles. The lowest BCUT2D eigenvalue weighted by Gasteiger charge is -2.37. The summed E-state index contributed by atoms with van der Waals surface area (Å²) in [6.07, 6.45) is 0.380. The first-order valence-electron chi connectivity index (χ1n) is 15.5. The Hall–Kier alpha value is -4.20. The normalized spacial score (nSPS) is 14.9. The van der Waals surface area contributed by atoms with Gasteiger partial charge in [-0.3, -0.25) is 14.8 Å². The van der Waals surface area contributed by atoms with E-state index < -0.39 is 33.7 Å². The number of sulfonamides is 1. The topological polar surface area (TPSA) is 146 Å². The van der Waals surface area contributed by atoms with Crippen LogP contribution in [0.4, 0.5) is 4.79 Å². The monoisotopic (exact) mass is 668 g/mol. The van der Waals surface area contributed by atoms with Gasteiger partial charge in [-0.05, 0) is 80.6 Å². The van der Waals surface area contributed by atoms with Gasteiger partial charge in [0.05, 0.1) is 12.0 Å². The number of carbonyl (C=O) groups excluding carboxylic acids is 3. The summed E-state index contributed by atoms with van der Waals surface area (Å²) in [5, 5.41) is 11.5. The quantitative estimate of drug-likeness (QED) is 0.228. The average molecular weight is 669 g/mol. The average Bonchev–Trinajstić information content (AvgIpc) is 3.06. The Kier molecular flexibility index (Phi) is 11.5. The minimum absolute atomic E-state index is 0.0558. The first kappa shape index (κ1) is 35.7. The lowest BCUT2D eigenvalue weighted by atomic mass is 9.98. The first-order chi connectivity index (χ1) is 22.2. The standard InChI is InChI=1S/C34H44N4O8S/c1-34(2,3)46-33(41)36(4)26-17-20-37(21-18-26)31(39)19-22-38(47(43,44)28-15-13-27(45-5)14-16-28)30(32(40)35-42)23-25-11-8-10-24-9-6-7-12-29(24)25/h6-16,26,30,42H,17-23H2,1-5H3,(H,35,40). The summed E-state index contributed by atoms with van der Waals surface area (Å²) >= 11 is 0. The number of likely N-dealkylation sites (tertiary alicyclic amines) is 1. The number of methoxy groups -OCH3 is 1. The molecule has 0 saturated carbocycles. The van der Waals surface area contributed by atoms with E-state index in [9.17, 15) is 28.0 Å². The molecule has 3 amide bonds. The van der Waals surface area contributed by atoms with Crippen LogP contribution in [0.5, 0.6) is 5.75 Å². The molecule has 254 valence electrons. The summed E-state index contributed by atoms with van der Waals surface area (Å²) in [6.45, 7) is 5.84. The van der Waals surface area contributed by atoms with E-state index in [1.807, 2.05) is 42.5 Å². The van der Waals surface area contributed by atoms with Crippen molar-refractivity contribution in [3.8, 4) is 5.75 Å². The van der Waals surface area contributed by atoms with E-state index in [0.717, 1.165) is 15.1 Å². The summed E-state index contributed by atoms with van der Waals surface area (Å²) in [4.78, 5) is 42.4. The van der Waals surface area contributed by atoms with E-state index in [1.165, 1.54) is 31.4 Å². The number of hydrogen-bond donors (Lipinski definition) is 2. The predicted octanol–water partition coefficient (Wildman–Crippen LogP) is 4.20.